The van der Waals surface area contributed by atoms with E-state index in [2.05, 4.69) is 4.98 Å². The van der Waals surface area contributed by atoms with Crippen molar-refractivity contribution in [3.8, 4) is 11.5 Å². The molecule has 0 unspecified atom stereocenters. The Morgan fingerprint density at radius 2 is 1.50 bits per heavy atom. The van der Waals surface area contributed by atoms with Gasteiger partial charge in [-0.05, 0) is 77.4 Å². The molecule has 0 aliphatic carbocycles. The van der Waals surface area contributed by atoms with Crippen LogP contribution in [-0.2, 0) is 29.5 Å². The minimum atomic E-state index is -3.81. The van der Waals surface area contributed by atoms with E-state index in [0.29, 0.717) is 24.5 Å². The smallest absolute Gasteiger partial charge is 0.243 e. The number of hydrogen-bond donors (Lipinski definition) is 0. The van der Waals surface area contributed by atoms with Gasteiger partial charge in [0.1, 0.15) is 17.3 Å². The number of methoxy groups -OCH3 is 1. The van der Waals surface area contributed by atoms with E-state index in [4.69, 9.17) is 9.47 Å². The fourth-order valence-corrected chi connectivity index (χ4v) is 5.11. The van der Waals surface area contributed by atoms with Crippen LogP contribution < -0.4 is 9.47 Å². The van der Waals surface area contributed by atoms with Gasteiger partial charge in [-0.2, -0.15) is 4.31 Å². The number of halogens is 1. The fraction of sp³-hybridized carbons (Fsp3) is 0.179. The van der Waals surface area contributed by atoms with Crippen molar-refractivity contribution in [3.63, 3.8) is 0 Å². The number of ether oxygens (including phenoxy) is 2. The Balaban J connectivity index is 1.51. The molecule has 6 nitrogen and oxygen atoms in total. The maximum absolute atomic E-state index is 13.6. The summed E-state index contributed by atoms with van der Waals surface area (Å²) in [6.07, 6.45) is 3.91. The molecule has 1 heterocycles. The summed E-state index contributed by atoms with van der Waals surface area (Å²) in [5, 5.41) is 0. The lowest BCUT2D eigenvalue weighted by molar-refractivity contribution is 0.320. The topological polar surface area (TPSA) is 68.7 Å². The summed E-state index contributed by atoms with van der Waals surface area (Å²) in [6.45, 7) is 0.762. The molecular formula is C28H27FN2O4S. The van der Waals surface area contributed by atoms with E-state index in [1.54, 1.807) is 60.9 Å². The largest absolute Gasteiger partial charge is 0.497 e. The molecule has 0 fully saturated rings. The molecule has 0 bridgehead atoms. The molecule has 186 valence electrons. The number of benzene rings is 3. The monoisotopic (exact) mass is 506 g/mol. The fourth-order valence-electron chi connectivity index (χ4n) is 3.69. The van der Waals surface area contributed by atoms with Crippen LogP contribution in [0.25, 0.3) is 0 Å². The maximum atomic E-state index is 13.6. The van der Waals surface area contributed by atoms with Crippen molar-refractivity contribution in [2.24, 2.45) is 0 Å². The van der Waals surface area contributed by atoms with Crippen molar-refractivity contribution in [1.29, 1.82) is 0 Å². The first-order valence-electron chi connectivity index (χ1n) is 11.4. The number of nitrogens with zero attached hydrogens (tertiary/aromatic N) is 2. The Morgan fingerprint density at radius 3 is 2.19 bits per heavy atom. The van der Waals surface area contributed by atoms with Gasteiger partial charge in [0.25, 0.3) is 0 Å². The SMILES string of the molecule is COc1ccc(S(=O)(=O)N(Cc2ccncc2)Cc2cccc(OCCc3ccc(F)cc3)c2)cc1. The Morgan fingerprint density at radius 1 is 0.806 bits per heavy atom. The highest BCUT2D eigenvalue weighted by molar-refractivity contribution is 7.89. The van der Waals surface area contributed by atoms with E-state index in [1.807, 2.05) is 24.3 Å². The molecule has 0 saturated carbocycles. The lowest BCUT2D eigenvalue weighted by atomic mass is 10.1. The van der Waals surface area contributed by atoms with Crippen LogP contribution in [0, 0.1) is 5.82 Å². The number of pyridine rings is 1. The molecule has 0 atom stereocenters. The average Bonchev–Trinajstić information content (AvgIpc) is 2.90. The molecule has 0 N–H and O–H groups in total. The van der Waals surface area contributed by atoms with Gasteiger partial charge in [0, 0.05) is 31.9 Å². The second-order valence-corrected chi connectivity index (χ2v) is 10.1. The van der Waals surface area contributed by atoms with E-state index in [0.717, 1.165) is 16.7 Å². The van der Waals surface area contributed by atoms with Gasteiger partial charge in [-0.1, -0.05) is 24.3 Å². The van der Waals surface area contributed by atoms with Crippen LogP contribution >= 0.6 is 0 Å². The molecule has 0 aliphatic heterocycles. The first-order valence-corrected chi connectivity index (χ1v) is 12.9. The van der Waals surface area contributed by atoms with E-state index in [1.165, 1.54) is 23.5 Å². The quantitative estimate of drug-likeness (QED) is 0.278. The van der Waals surface area contributed by atoms with E-state index >= 15 is 0 Å². The maximum Gasteiger partial charge on any atom is 0.243 e. The highest BCUT2D eigenvalue weighted by Gasteiger charge is 2.25. The van der Waals surface area contributed by atoms with Crippen LogP contribution in [0.5, 0.6) is 11.5 Å². The minimum Gasteiger partial charge on any atom is -0.497 e. The second kappa shape index (κ2) is 11.8. The zero-order valence-electron chi connectivity index (χ0n) is 19.9. The molecule has 4 rings (SSSR count). The van der Waals surface area contributed by atoms with Gasteiger partial charge >= 0.3 is 0 Å². The molecule has 0 radical (unpaired) electrons. The van der Waals surface area contributed by atoms with E-state index < -0.39 is 10.0 Å². The van der Waals surface area contributed by atoms with Gasteiger partial charge in [-0.3, -0.25) is 4.98 Å². The van der Waals surface area contributed by atoms with Crippen LogP contribution in [-0.4, -0.2) is 31.4 Å². The molecule has 0 aliphatic rings. The van der Waals surface area contributed by atoms with Crippen molar-refractivity contribution in [1.82, 2.24) is 9.29 Å². The molecule has 0 saturated heterocycles. The van der Waals surface area contributed by atoms with Crippen LogP contribution in [0.1, 0.15) is 16.7 Å². The normalized spacial score (nSPS) is 11.4. The van der Waals surface area contributed by atoms with Crippen molar-refractivity contribution >= 4 is 10.0 Å². The van der Waals surface area contributed by atoms with Crippen LogP contribution in [0.3, 0.4) is 0 Å². The molecular weight excluding hydrogens is 479 g/mol. The second-order valence-electron chi connectivity index (χ2n) is 8.18. The Bertz CT molecular complexity index is 1360. The zero-order chi connectivity index (χ0) is 25.4. The van der Waals surface area contributed by atoms with Crippen molar-refractivity contribution in [2.45, 2.75) is 24.4 Å². The first-order chi connectivity index (χ1) is 17.4. The number of aromatic nitrogens is 1. The van der Waals surface area contributed by atoms with Crippen LogP contribution in [0.4, 0.5) is 4.39 Å². The van der Waals surface area contributed by atoms with Gasteiger partial charge in [0.15, 0.2) is 0 Å². The van der Waals surface area contributed by atoms with E-state index in [-0.39, 0.29) is 23.8 Å². The molecule has 0 spiro atoms. The highest BCUT2D eigenvalue weighted by Crippen LogP contribution is 2.24. The Hall–Kier alpha value is -3.75. The number of sulfonamides is 1. The third-order valence-corrected chi connectivity index (χ3v) is 7.44. The van der Waals surface area contributed by atoms with Gasteiger partial charge in [-0.25, -0.2) is 12.8 Å². The zero-order valence-corrected chi connectivity index (χ0v) is 20.7. The lowest BCUT2D eigenvalue weighted by Crippen LogP contribution is -2.30. The van der Waals surface area contributed by atoms with Gasteiger partial charge < -0.3 is 9.47 Å². The predicted molar refractivity (Wildman–Crippen MR) is 136 cm³/mol. The van der Waals surface area contributed by atoms with Gasteiger partial charge in [0.05, 0.1) is 18.6 Å². The van der Waals surface area contributed by atoms with Crippen LogP contribution in [0.2, 0.25) is 0 Å². The van der Waals surface area contributed by atoms with Gasteiger partial charge in [0.2, 0.25) is 10.0 Å². The predicted octanol–water partition coefficient (Wildman–Crippen LogP) is 5.24. The Kier molecular flexibility index (Phi) is 8.30. The molecule has 4 aromatic rings. The number of hydrogen-bond acceptors (Lipinski definition) is 5. The summed E-state index contributed by atoms with van der Waals surface area (Å²) in [5.41, 5.74) is 2.59. The summed E-state index contributed by atoms with van der Waals surface area (Å²) >= 11 is 0. The van der Waals surface area contributed by atoms with Crippen molar-refractivity contribution < 1.29 is 22.3 Å². The van der Waals surface area contributed by atoms with Gasteiger partial charge in [-0.15, -0.1) is 0 Å². The summed E-state index contributed by atoms with van der Waals surface area (Å²) in [6, 6.07) is 23.7. The summed E-state index contributed by atoms with van der Waals surface area (Å²) < 4.78 is 52.8. The van der Waals surface area contributed by atoms with E-state index in [9.17, 15) is 12.8 Å². The molecule has 1 aromatic heterocycles. The lowest BCUT2D eigenvalue weighted by Gasteiger charge is -2.23. The number of rotatable bonds is 11. The summed E-state index contributed by atoms with van der Waals surface area (Å²) in [5.74, 6) is 0.953. The minimum absolute atomic E-state index is 0.159. The summed E-state index contributed by atoms with van der Waals surface area (Å²) in [7, 11) is -2.27. The molecule has 3 aromatic carbocycles. The highest BCUT2D eigenvalue weighted by atomic mass is 32.2. The molecule has 8 heteroatoms. The van der Waals surface area contributed by atoms with Crippen molar-refractivity contribution in [3.05, 3.63) is 120 Å². The molecule has 36 heavy (non-hydrogen) atoms. The third kappa shape index (κ3) is 6.68. The van der Waals surface area contributed by atoms with Crippen molar-refractivity contribution in [2.75, 3.05) is 13.7 Å². The Labute approximate surface area is 211 Å². The standard InChI is InChI=1S/C28H27FN2O4S/c1-34-26-9-11-28(12-10-26)36(32,33)31(20-23-13-16-30-17-14-23)21-24-3-2-4-27(19-24)35-18-15-22-5-7-25(29)8-6-22/h2-14,16-17,19H,15,18,20-21H2,1H3. The van der Waals surface area contributed by atoms with Crippen LogP contribution in [0.15, 0.2) is 102 Å². The average molecular weight is 507 g/mol. The first kappa shape index (κ1) is 25.3. The summed E-state index contributed by atoms with van der Waals surface area (Å²) in [4.78, 5) is 4.21. The molecule has 0 amide bonds. The third-order valence-electron chi connectivity index (χ3n) is 5.64.